The molecular weight excluding hydrogens is 397 g/mol. The molecule has 1 amide bonds. The molecule has 0 spiro atoms. The lowest BCUT2D eigenvalue weighted by Gasteiger charge is -2.15. The SMILES string of the molecule is Cc1ccccc1-n1c(C)nc2c(OCC(=O)Nc3ccc(F)cc3)cccc2c1=O. The Morgan fingerprint density at radius 3 is 2.52 bits per heavy atom. The summed E-state index contributed by atoms with van der Waals surface area (Å²) in [6.07, 6.45) is 0. The molecule has 4 rings (SSSR count). The maximum absolute atomic E-state index is 13.2. The molecule has 31 heavy (non-hydrogen) atoms. The number of para-hydroxylation sites is 2. The topological polar surface area (TPSA) is 73.2 Å². The highest BCUT2D eigenvalue weighted by atomic mass is 19.1. The first-order valence-corrected chi connectivity index (χ1v) is 9.70. The van der Waals surface area contributed by atoms with Crippen LogP contribution in [0.5, 0.6) is 5.75 Å². The predicted octanol–water partition coefficient (Wildman–Crippen LogP) is 4.16. The molecule has 0 atom stereocenters. The van der Waals surface area contributed by atoms with Crippen molar-refractivity contribution in [1.82, 2.24) is 9.55 Å². The standard InChI is InChI=1S/C24H20FN3O3/c1-15-6-3-4-8-20(15)28-16(2)26-23-19(24(28)30)7-5-9-21(23)31-14-22(29)27-18-12-10-17(25)11-13-18/h3-13H,14H2,1-2H3,(H,27,29). The molecule has 1 N–H and O–H groups in total. The van der Waals surface area contributed by atoms with Gasteiger partial charge < -0.3 is 10.1 Å². The number of ether oxygens (including phenoxy) is 1. The van der Waals surface area contributed by atoms with Crippen molar-refractivity contribution in [1.29, 1.82) is 0 Å². The van der Waals surface area contributed by atoms with Crippen molar-refractivity contribution in [2.75, 3.05) is 11.9 Å². The van der Waals surface area contributed by atoms with Crippen LogP contribution in [0.3, 0.4) is 0 Å². The van der Waals surface area contributed by atoms with E-state index in [9.17, 15) is 14.0 Å². The molecule has 0 aliphatic carbocycles. The van der Waals surface area contributed by atoms with Crippen LogP contribution >= 0.6 is 0 Å². The zero-order valence-corrected chi connectivity index (χ0v) is 17.1. The second kappa shape index (κ2) is 8.39. The average molecular weight is 417 g/mol. The first-order valence-electron chi connectivity index (χ1n) is 9.70. The number of hydrogen-bond donors (Lipinski definition) is 1. The number of aromatic nitrogens is 2. The summed E-state index contributed by atoms with van der Waals surface area (Å²) < 4.78 is 20.2. The fraction of sp³-hybridized carbons (Fsp3) is 0.125. The van der Waals surface area contributed by atoms with Gasteiger partial charge in [-0.1, -0.05) is 24.3 Å². The van der Waals surface area contributed by atoms with Crippen LogP contribution in [0, 0.1) is 19.7 Å². The monoisotopic (exact) mass is 417 g/mol. The summed E-state index contributed by atoms with van der Waals surface area (Å²) in [5.41, 5.74) is 2.37. The Bertz CT molecular complexity index is 1330. The second-order valence-corrected chi connectivity index (χ2v) is 7.08. The Kier molecular flexibility index (Phi) is 5.49. The molecular formula is C24H20FN3O3. The Morgan fingerprint density at radius 1 is 1.03 bits per heavy atom. The number of rotatable bonds is 5. The second-order valence-electron chi connectivity index (χ2n) is 7.08. The Labute approximate surface area is 177 Å². The van der Waals surface area contributed by atoms with Crippen LogP contribution in [0.1, 0.15) is 11.4 Å². The molecule has 4 aromatic rings. The van der Waals surface area contributed by atoms with Crippen LogP contribution in [0.25, 0.3) is 16.6 Å². The zero-order valence-electron chi connectivity index (χ0n) is 17.1. The lowest BCUT2D eigenvalue weighted by Crippen LogP contribution is -2.24. The molecule has 1 heterocycles. The third-order valence-corrected chi connectivity index (χ3v) is 4.87. The largest absolute Gasteiger partial charge is 0.481 e. The summed E-state index contributed by atoms with van der Waals surface area (Å²) in [4.78, 5) is 30.0. The normalized spacial score (nSPS) is 10.8. The van der Waals surface area contributed by atoms with Crippen molar-refractivity contribution in [2.45, 2.75) is 13.8 Å². The molecule has 0 fully saturated rings. The Balaban J connectivity index is 1.62. The fourth-order valence-electron chi connectivity index (χ4n) is 3.38. The van der Waals surface area contributed by atoms with Crippen LogP contribution in [-0.2, 0) is 4.79 Å². The molecule has 1 aromatic heterocycles. The summed E-state index contributed by atoms with van der Waals surface area (Å²) in [6, 6.07) is 18.1. The summed E-state index contributed by atoms with van der Waals surface area (Å²) >= 11 is 0. The maximum atomic E-state index is 13.2. The van der Waals surface area contributed by atoms with E-state index in [4.69, 9.17) is 4.74 Å². The lowest BCUT2D eigenvalue weighted by atomic mass is 10.1. The van der Waals surface area contributed by atoms with E-state index >= 15 is 0 Å². The molecule has 6 nitrogen and oxygen atoms in total. The molecule has 156 valence electrons. The van der Waals surface area contributed by atoms with E-state index in [0.717, 1.165) is 11.3 Å². The van der Waals surface area contributed by atoms with Crippen LogP contribution in [0.2, 0.25) is 0 Å². The molecule has 0 saturated carbocycles. The van der Waals surface area contributed by atoms with E-state index in [1.54, 1.807) is 29.7 Å². The predicted molar refractivity (Wildman–Crippen MR) is 117 cm³/mol. The Hall–Kier alpha value is -4.00. The highest BCUT2D eigenvalue weighted by Crippen LogP contribution is 2.23. The van der Waals surface area contributed by atoms with E-state index < -0.39 is 5.91 Å². The van der Waals surface area contributed by atoms with Gasteiger partial charge in [0.05, 0.1) is 11.1 Å². The minimum absolute atomic E-state index is 0.210. The number of carbonyl (C=O) groups is 1. The van der Waals surface area contributed by atoms with Gasteiger partial charge >= 0.3 is 0 Å². The van der Waals surface area contributed by atoms with Gasteiger partial charge in [-0.3, -0.25) is 14.2 Å². The van der Waals surface area contributed by atoms with Crippen LogP contribution in [-0.4, -0.2) is 22.1 Å². The van der Waals surface area contributed by atoms with Gasteiger partial charge in [-0.05, 0) is 61.9 Å². The quantitative estimate of drug-likeness (QED) is 0.529. The van der Waals surface area contributed by atoms with Gasteiger partial charge in [0.25, 0.3) is 11.5 Å². The highest BCUT2D eigenvalue weighted by Gasteiger charge is 2.15. The number of fused-ring (bicyclic) bond motifs is 1. The van der Waals surface area contributed by atoms with E-state index in [1.807, 2.05) is 31.2 Å². The number of anilines is 1. The maximum Gasteiger partial charge on any atom is 0.266 e. The number of nitrogens with zero attached hydrogens (tertiary/aromatic N) is 2. The van der Waals surface area contributed by atoms with Crippen LogP contribution in [0.4, 0.5) is 10.1 Å². The Morgan fingerprint density at radius 2 is 1.77 bits per heavy atom. The number of carbonyl (C=O) groups excluding carboxylic acids is 1. The summed E-state index contributed by atoms with van der Waals surface area (Å²) in [6.45, 7) is 3.41. The summed E-state index contributed by atoms with van der Waals surface area (Å²) in [5.74, 6) is 0.0545. The number of amides is 1. The third-order valence-electron chi connectivity index (χ3n) is 4.87. The van der Waals surface area contributed by atoms with Crippen molar-refractivity contribution in [3.05, 3.63) is 94.3 Å². The third kappa shape index (κ3) is 4.16. The van der Waals surface area contributed by atoms with Gasteiger partial charge in [-0.15, -0.1) is 0 Å². The molecule has 0 radical (unpaired) electrons. The van der Waals surface area contributed by atoms with E-state index in [-0.39, 0.29) is 18.0 Å². The molecule has 0 bridgehead atoms. The van der Waals surface area contributed by atoms with Gasteiger partial charge in [-0.2, -0.15) is 0 Å². The van der Waals surface area contributed by atoms with Crippen molar-refractivity contribution in [3.63, 3.8) is 0 Å². The molecule has 0 aliphatic rings. The van der Waals surface area contributed by atoms with E-state index in [0.29, 0.717) is 28.2 Å². The van der Waals surface area contributed by atoms with Crippen molar-refractivity contribution in [2.24, 2.45) is 0 Å². The smallest absolute Gasteiger partial charge is 0.266 e. The minimum atomic E-state index is -0.409. The van der Waals surface area contributed by atoms with Gasteiger partial charge in [-0.25, -0.2) is 9.37 Å². The molecule has 3 aromatic carbocycles. The molecule has 0 unspecified atom stereocenters. The van der Waals surface area contributed by atoms with Crippen molar-refractivity contribution in [3.8, 4) is 11.4 Å². The number of nitrogens with one attached hydrogen (secondary N) is 1. The van der Waals surface area contributed by atoms with E-state index in [1.165, 1.54) is 24.3 Å². The van der Waals surface area contributed by atoms with Crippen molar-refractivity contribution >= 4 is 22.5 Å². The number of aryl methyl sites for hydroxylation is 2. The zero-order chi connectivity index (χ0) is 22.0. The van der Waals surface area contributed by atoms with Gasteiger partial charge in [0, 0.05) is 5.69 Å². The number of benzene rings is 3. The number of halogens is 1. The van der Waals surface area contributed by atoms with E-state index in [2.05, 4.69) is 10.3 Å². The summed E-state index contributed by atoms with van der Waals surface area (Å²) in [7, 11) is 0. The molecule has 7 heteroatoms. The molecule has 0 aliphatic heterocycles. The summed E-state index contributed by atoms with van der Waals surface area (Å²) in [5, 5.41) is 3.02. The molecule has 0 saturated heterocycles. The lowest BCUT2D eigenvalue weighted by molar-refractivity contribution is -0.118. The first kappa shape index (κ1) is 20.3. The average Bonchev–Trinajstić information content (AvgIpc) is 2.75. The first-order chi connectivity index (χ1) is 14.9. The van der Waals surface area contributed by atoms with Crippen LogP contribution < -0.4 is 15.6 Å². The van der Waals surface area contributed by atoms with Crippen molar-refractivity contribution < 1.29 is 13.9 Å². The van der Waals surface area contributed by atoms with Gasteiger partial charge in [0.15, 0.2) is 6.61 Å². The highest BCUT2D eigenvalue weighted by molar-refractivity contribution is 5.92. The minimum Gasteiger partial charge on any atom is -0.481 e. The fourth-order valence-corrected chi connectivity index (χ4v) is 3.38. The van der Waals surface area contributed by atoms with Gasteiger partial charge in [0.1, 0.15) is 22.9 Å². The van der Waals surface area contributed by atoms with Gasteiger partial charge in [0.2, 0.25) is 0 Å². The number of hydrogen-bond acceptors (Lipinski definition) is 4. The van der Waals surface area contributed by atoms with Crippen LogP contribution in [0.15, 0.2) is 71.5 Å².